The second-order valence-corrected chi connectivity index (χ2v) is 5.49. The third-order valence-corrected chi connectivity index (χ3v) is 3.60. The lowest BCUT2D eigenvalue weighted by Gasteiger charge is -2.16. The topological polar surface area (TPSA) is 21.7 Å². The first-order valence-electron chi connectivity index (χ1n) is 7.51. The molecule has 118 valence electrons. The van der Waals surface area contributed by atoms with Gasteiger partial charge < -0.3 is 9.47 Å². The maximum atomic E-state index is 12.2. The van der Waals surface area contributed by atoms with Crippen LogP contribution in [0.5, 0.6) is 5.75 Å². The number of nitrogens with zero attached hydrogens (tertiary/aromatic N) is 1. The molecule has 0 unspecified atom stereocenters. The Morgan fingerprint density at radius 2 is 2.24 bits per heavy atom. The molecule has 0 radical (unpaired) electrons. The van der Waals surface area contributed by atoms with Crippen LogP contribution in [0.1, 0.15) is 25.3 Å². The van der Waals surface area contributed by atoms with E-state index in [4.69, 9.17) is 4.74 Å². The molecule has 0 saturated carbocycles. The molecule has 1 aromatic rings. The van der Waals surface area contributed by atoms with Gasteiger partial charge in [-0.1, -0.05) is 19.1 Å². The van der Waals surface area contributed by atoms with E-state index in [0.717, 1.165) is 51.3 Å². The Labute approximate surface area is 124 Å². The number of likely N-dealkylation sites (tertiary alicyclic amines) is 1. The van der Waals surface area contributed by atoms with E-state index in [-0.39, 0.29) is 5.75 Å². The fourth-order valence-corrected chi connectivity index (χ4v) is 2.67. The summed E-state index contributed by atoms with van der Waals surface area (Å²) in [4.78, 5) is 2.33. The van der Waals surface area contributed by atoms with E-state index in [0.29, 0.717) is 5.92 Å². The smallest absolute Gasteiger partial charge is 0.387 e. The van der Waals surface area contributed by atoms with Crippen molar-refractivity contribution in [2.45, 2.75) is 32.9 Å². The lowest BCUT2D eigenvalue weighted by Crippen LogP contribution is -2.21. The molecule has 0 N–H and O–H groups in total. The highest BCUT2D eigenvalue weighted by molar-refractivity contribution is 5.28. The van der Waals surface area contributed by atoms with Crippen LogP contribution in [-0.4, -0.2) is 37.8 Å². The Kier molecular flexibility index (Phi) is 6.39. The summed E-state index contributed by atoms with van der Waals surface area (Å²) in [6, 6.07) is 6.94. The van der Waals surface area contributed by atoms with Crippen LogP contribution in [0, 0.1) is 5.92 Å². The summed E-state index contributed by atoms with van der Waals surface area (Å²) in [5.74, 6) is 0.807. The number of ether oxygens (including phenoxy) is 2. The van der Waals surface area contributed by atoms with Gasteiger partial charge in [-0.2, -0.15) is 8.78 Å². The maximum absolute atomic E-state index is 12.2. The molecule has 1 fully saturated rings. The van der Waals surface area contributed by atoms with Crippen LogP contribution in [0.4, 0.5) is 8.78 Å². The third kappa shape index (κ3) is 5.59. The Hall–Kier alpha value is -1.20. The molecule has 1 atom stereocenters. The summed E-state index contributed by atoms with van der Waals surface area (Å²) in [5.41, 5.74) is 1.00. The van der Waals surface area contributed by atoms with Gasteiger partial charge in [0.25, 0.3) is 0 Å². The molecule has 21 heavy (non-hydrogen) atoms. The lowest BCUT2D eigenvalue weighted by molar-refractivity contribution is -0.0499. The average Bonchev–Trinajstić information content (AvgIpc) is 2.86. The molecule has 0 aromatic heterocycles. The Morgan fingerprint density at radius 1 is 1.38 bits per heavy atom. The number of hydrogen-bond donors (Lipinski definition) is 0. The van der Waals surface area contributed by atoms with E-state index >= 15 is 0 Å². The quantitative estimate of drug-likeness (QED) is 0.685. The molecule has 2 rings (SSSR count). The van der Waals surface area contributed by atoms with Crippen LogP contribution >= 0.6 is 0 Å². The van der Waals surface area contributed by atoms with Crippen LogP contribution in [-0.2, 0) is 11.3 Å². The van der Waals surface area contributed by atoms with Crippen molar-refractivity contribution >= 4 is 0 Å². The van der Waals surface area contributed by atoms with Crippen molar-refractivity contribution in [2.75, 3.05) is 26.3 Å². The third-order valence-electron chi connectivity index (χ3n) is 3.60. The highest BCUT2D eigenvalue weighted by Crippen LogP contribution is 2.21. The van der Waals surface area contributed by atoms with Gasteiger partial charge in [-0.15, -0.1) is 0 Å². The summed E-state index contributed by atoms with van der Waals surface area (Å²) in [6.45, 7) is 3.78. The van der Waals surface area contributed by atoms with E-state index < -0.39 is 6.61 Å². The van der Waals surface area contributed by atoms with Gasteiger partial charge in [-0.05, 0) is 43.0 Å². The van der Waals surface area contributed by atoms with Gasteiger partial charge in [0, 0.05) is 19.7 Å². The van der Waals surface area contributed by atoms with Crippen molar-refractivity contribution in [3.63, 3.8) is 0 Å². The predicted molar refractivity (Wildman–Crippen MR) is 77.6 cm³/mol. The number of rotatable bonds is 8. The van der Waals surface area contributed by atoms with E-state index in [9.17, 15) is 8.78 Å². The van der Waals surface area contributed by atoms with Gasteiger partial charge in [0.15, 0.2) is 0 Å². The van der Waals surface area contributed by atoms with E-state index in [1.54, 1.807) is 18.2 Å². The molecule has 1 aliphatic heterocycles. The Bertz CT molecular complexity index is 428. The summed E-state index contributed by atoms with van der Waals surface area (Å²) >= 11 is 0. The maximum Gasteiger partial charge on any atom is 0.387 e. The van der Waals surface area contributed by atoms with Crippen LogP contribution < -0.4 is 4.74 Å². The van der Waals surface area contributed by atoms with Crippen molar-refractivity contribution in [1.29, 1.82) is 0 Å². The molecule has 0 bridgehead atoms. The number of benzene rings is 1. The zero-order valence-corrected chi connectivity index (χ0v) is 12.4. The molecular formula is C16H23F2NO2. The van der Waals surface area contributed by atoms with E-state index in [2.05, 4.69) is 16.6 Å². The molecule has 0 spiro atoms. The zero-order valence-electron chi connectivity index (χ0n) is 12.4. The van der Waals surface area contributed by atoms with Crippen LogP contribution in [0.25, 0.3) is 0 Å². The molecular weight excluding hydrogens is 276 g/mol. The minimum Gasteiger partial charge on any atom is -0.435 e. The SMILES string of the molecule is CCCOC[C@H]1CCN(Cc2cccc(OC(F)F)c2)C1. The first kappa shape index (κ1) is 16.2. The minimum absolute atomic E-state index is 0.226. The Morgan fingerprint density at radius 3 is 3.00 bits per heavy atom. The standard InChI is InChI=1S/C16H23F2NO2/c1-2-8-20-12-14-6-7-19(11-14)10-13-4-3-5-15(9-13)21-16(17)18/h3-5,9,14,16H,2,6-8,10-12H2,1H3/t14-/m0/s1. The van der Waals surface area contributed by atoms with E-state index in [1.165, 1.54) is 0 Å². The molecule has 1 aromatic carbocycles. The van der Waals surface area contributed by atoms with Gasteiger partial charge in [-0.25, -0.2) is 0 Å². The summed E-state index contributed by atoms with van der Waals surface area (Å²) in [7, 11) is 0. The van der Waals surface area contributed by atoms with Gasteiger partial charge in [0.1, 0.15) is 5.75 Å². The molecule has 1 heterocycles. The molecule has 5 heteroatoms. The first-order valence-corrected chi connectivity index (χ1v) is 7.51. The van der Waals surface area contributed by atoms with Gasteiger partial charge in [0.2, 0.25) is 0 Å². The van der Waals surface area contributed by atoms with Gasteiger partial charge >= 0.3 is 6.61 Å². The van der Waals surface area contributed by atoms with E-state index in [1.807, 2.05) is 6.07 Å². The fourth-order valence-electron chi connectivity index (χ4n) is 2.67. The van der Waals surface area contributed by atoms with Crippen molar-refractivity contribution in [3.8, 4) is 5.75 Å². The van der Waals surface area contributed by atoms with Crippen molar-refractivity contribution < 1.29 is 18.3 Å². The Balaban J connectivity index is 1.80. The normalized spacial score (nSPS) is 19.3. The van der Waals surface area contributed by atoms with Crippen molar-refractivity contribution in [3.05, 3.63) is 29.8 Å². The van der Waals surface area contributed by atoms with Crippen molar-refractivity contribution in [1.82, 2.24) is 4.90 Å². The summed E-state index contributed by atoms with van der Waals surface area (Å²) < 4.78 is 34.5. The zero-order chi connectivity index (χ0) is 15.1. The molecule has 3 nitrogen and oxygen atoms in total. The highest BCUT2D eigenvalue weighted by Gasteiger charge is 2.22. The van der Waals surface area contributed by atoms with Crippen LogP contribution in [0.2, 0.25) is 0 Å². The monoisotopic (exact) mass is 299 g/mol. The fraction of sp³-hybridized carbons (Fsp3) is 0.625. The number of halogens is 2. The van der Waals surface area contributed by atoms with Crippen LogP contribution in [0.3, 0.4) is 0 Å². The molecule has 0 aliphatic carbocycles. The minimum atomic E-state index is -2.77. The second-order valence-electron chi connectivity index (χ2n) is 5.49. The first-order chi connectivity index (χ1) is 10.2. The summed E-state index contributed by atoms with van der Waals surface area (Å²) in [6.07, 6.45) is 2.18. The largest absolute Gasteiger partial charge is 0.435 e. The van der Waals surface area contributed by atoms with Gasteiger partial charge in [0.05, 0.1) is 6.61 Å². The van der Waals surface area contributed by atoms with Crippen LogP contribution in [0.15, 0.2) is 24.3 Å². The van der Waals surface area contributed by atoms with Crippen molar-refractivity contribution in [2.24, 2.45) is 5.92 Å². The lowest BCUT2D eigenvalue weighted by atomic mass is 10.1. The molecule has 1 saturated heterocycles. The molecule has 0 amide bonds. The summed E-state index contributed by atoms with van der Waals surface area (Å²) in [5, 5.41) is 0. The predicted octanol–water partition coefficient (Wildman–Crippen LogP) is 3.54. The average molecular weight is 299 g/mol. The number of hydrogen-bond acceptors (Lipinski definition) is 3. The number of alkyl halides is 2. The highest BCUT2D eigenvalue weighted by atomic mass is 19.3. The van der Waals surface area contributed by atoms with Gasteiger partial charge in [-0.3, -0.25) is 4.90 Å². The second kappa shape index (κ2) is 8.29. The molecule has 1 aliphatic rings.